The van der Waals surface area contributed by atoms with Crippen LogP contribution < -0.4 is 0 Å². The molecule has 3 heteroatoms. The van der Waals surface area contributed by atoms with Gasteiger partial charge in [-0.1, -0.05) is 6.42 Å². The second-order valence-corrected chi connectivity index (χ2v) is 5.91. The van der Waals surface area contributed by atoms with Crippen LogP contribution in [-0.2, 0) is 0 Å². The minimum atomic E-state index is -0.149. The molecular weight excluding hydrogens is 210 g/mol. The Morgan fingerprint density at radius 2 is 1.53 bits per heavy atom. The Kier molecular flexibility index (Phi) is 8.20. The van der Waals surface area contributed by atoms with Gasteiger partial charge in [-0.05, 0) is 73.9 Å². The maximum absolute atomic E-state index is 8.91. The molecule has 3 nitrogen and oxygen atoms in total. The van der Waals surface area contributed by atoms with Crippen LogP contribution in [-0.4, -0.2) is 50.6 Å². The van der Waals surface area contributed by atoms with E-state index in [0.717, 1.165) is 25.9 Å². The highest BCUT2D eigenvalue weighted by atomic mass is 15.1. The zero-order valence-corrected chi connectivity index (χ0v) is 12.3. The van der Waals surface area contributed by atoms with Crippen molar-refractivity contribution >= 4 is 0 Å². The molecule has 0 amide bonds. The zero-order valence-electron chi connectivity index (χ0n) is 12.3. The average molecular weight is 239 g/mol. The summed E-state index contributed by atoms with van der Waals surface area (Å²) in [6.07, 6.45) is 4.59. The van der Waals surface area contributed by atoms with Gasteiger partial charge in [0.05, 0.1) is 11.5 Å². The molecule has 0 aromatic heterocycles. The van der Waals surface area contributed by atoms with E-state index in [1.807, 2.05) is 13.8 Å². The van der Waals surface area contributed by atoms with Crippen LogP contribution in [0.5, 0.6) is 0 Å². The molecule has 100 valence electrons. The zero-order chi connectivity index (χ0) is 13.3. The van der Waals surface area contributed by atoms with Crippen molar-refractivity contribution in [2.75, 3.05) is 40.8 Å². The molecular formula is C14H29N3. The third-order valence-electron chi connectivity index (χ3n) is 3.04. The molecule has 0 fully saturated rings. The van der Waals surface area contributed by atoms with E-state index in [1.165, 1.54) is 19.4 Å². The number of nitrogens with zero attached hydrogens (tertiary/aromatic N) is 3. The molecule has 0 saturated carbocycles. The molecule has 0 bridgehead atoms. The first-order valence-electron chi connectivity index (χ1n) is 6.62. The number of unbranched alkanes of at least 4 members (excludes halogenated alkanes) is 1. The van der Waals surface area contributed by atoms with Gasteiger partial charge in [0.15, 0.2) is 0 Å². The smallest absolute Gasteiger partial charge is 0.0683 e. The summed E-state index contributed by atoms with van der Waals surface area (Å²) in [5.74, 6) is 0. The second kappa shape index (κ2) is 8.49. The predicted molar refractivity (Wildman–Crippen MR) is 73.9 cm³/mol. The Labute approximate surface area is 107 Å². The van der Waals surface area contributed by atoms with Gasteiger partial charge in [-0.15, -0.1) is 0 Å². The van der Waals surface area contributed by atoms with Crippen molar-refractivity contribution in [1.29, 1.82) is 5.26 Å². The van der Waals surface area contributed by atoms with Gasteiger partial charge >= 0.3 is 0 Å². The van der Waals surface area contributed by atoms with Crippen LogP contribution in [0.4, 0.5) is 0 Å². The Hall–Kier alpha value is -0.590. The molecule has 0 rings (SSSR count). The lowest BCUT2D eigenvalue weighted by Crippen LogP contribution is -2.24. The van der Waals surface area contributed by atoms with E-state index < -0.39 is 0 Å². The fraction of sp³-hybridized carbons (Fsp3) is 0.929. The molecule has 0 unspecified atom stereocenters. The Bertz CT molecular complexity index is 228. The van der Waals surface area contributed by atoms with Gasteiger partial charge in [0.1, 0.15) is 0 Å². The lowest BCUT2D eigenvalue weighted by molar-refractivity contribution is 0.289. The third kappa shape index (κ3) is 10.3. The van der Waals surface area contributed by atoms with E-state index >= 15 is 0 Å². The molecule has 0 N–H and O–H groups in total. The summed E-state index contributed by atoms with van der Waals surface area (Å²) in [7, 11) is 6.42. The van der Waals surface area contributed by atoms with Crippen molar-refractivity contribution < 1.29 is 0 Å². The van der Waals surface area contributed by atoms with Crippen LogP contribution >= 0.6 is 0 Å². The molecule has 0 aliphatic carbocycles. The molecule has 17 heavy (non-hydrogen) atoms. The normalized spacial score (nSPS) is 12.1. The summed E-state index contributed by atoms with van der Waals surface area (Å²) >= 11 is 0. The molecule has 0 radical (unpaired) electrons. The van der Waals surface area contributed by atoms with Crippen LogP contribution in [0.1, 0.15) is 39.5 Å². The first-order chi connectivity index (χ1) is 7.87. The minimum absolute atomic E-state index is 0.149. The van der Waals surface area contributed by atoms with Crippen molar-refractivity contribution in [2.45, 2.75) is 39.5 Å². The summed E-state index contributed by atoms with van der Waals surface area (Å²) in [6.45, 7) is 7.52. The van der Waals surface area contributed by atoms with Gasteiger partial charge in [0.2, 0.25) is 0 Å². The van der Waals surface area contributed by atoms with Crippen LogP contribution in [0.3, 0.4) is 0 Å². The molecule has 0 saturated heterocycles. The molecule has 0 spiro atoms. The highest BCUT2D eigenvalue weighted by Gasteiger charge is 2.15. The maximum atomic E-state index is 8.91. The lowest BCUT2D eigenvalue weighted by Gasteiger charge is -2.19. The number of hydrogen-bond acceptors (Lipinski definition) is 3. The molecule has 0 atom stereocenters. The van der Waals surface area contributed by atoms with Crippen molar-refractivity contribution in [1.82, 2.24) is 9.80 Å². The van der Waals surface area contributed by atoms with E-state index in [1.54, 1.807) is 0 Å². The van der Waals surface area contributed by atoms with Gasteiger partial charge in [0, 0.05) is 0 Å². The summed E-state index contributed by atoms with van der Waals surface area (Å²) in [5, 5.41) is 8.91. The molecule has 0 aliphatic rings. The minimum Gasteiger partial charge on any atom is -0.309 e. The second-order valence-electron chi connectivity index (χ2n) is 5.91. The van der Waals surface area contributed by atoms with E-state index in [0.29, 0.717) is 0 Å². The summed E-state index contributed by atoms with van der Waals surface area (Å²) < 4.78 is 0. The van der Waals surface area contributed by atoms with Crippen LogP contribution in [0, 0.1) is 16.7 Å². The first-order valence-corrected chi connectivity index (χ1v) is 6.62. The van der Waals surface area contributed by atoms with Crippen LogP contribution in [0.25, 0.3) is 0 Å². The van der Waals surface area contributed by atoms with E-state index in [9.17, 15) is 0 Å². The highest BCUT2D eigenvalue weighted by Crippen LogP contribution is 2.21. The topological polar surface area (TPSA) is 30.3 Å². The summed E-state index contributed by atoms with van der Waals surface area (Å²) in [6, 6.07) is 2.36. The maximum Gasteiger partial charge on any atom is 0.0683 e. The van der Waals surface area contributed by atoms with E-state index in [2.05, 4.69) is 37.0 Å². The fourth-order valence-corrected chi connectivity index (χ4v) is 1.77. The van der Waals surface area contributed by atoms with Crippen LogP contribution in [0.2, 0.25) is 0 Å². The highest BCUT2D eigenvalue weighted by molar-refractivity contribution is 4.91. The SMILES string of the molecule is CN(C)CCCN(C)CCCCC(C)(C)C#N. The Balaban J connectivity index is 3.46. The number of nitriles is 1. The molecule has 0 aromatic rings. The van der Waals surface area contributed by atoms with Gasteiger partial charge < -0.3 is 9.80 Å². The lowest BCUT2D eigenvalue weighted by atomic mass is 9.89. The average Bonchev–Trinajstić information content (AvgIpc) is 2.24. The number of hydrogen-bond donors (Lipinski definition) is 0. The first kappa shape index (κ1) is 16.4. The van der Waals surface area contributed by atoms with Crippen molar-refractivity contribution in [3.8, 4) is 6.07 Å². The number of rotatable bonds is 9. The van der Waals surface area contributed by atoms with E-state index in [4.69, 9.17) is 5.26 Å². The molecule has 0 aromatic carbocycles. The largest absolute Gasteiger partial charge is 0.309 e. The standard InChI is InChI=1S/C14H29N3/c1-14(2,13-15)9-6-7-11-17(5)12-8-10-16(3)4/h6-12H2,1-5H3. The monoisotopic (exact) mass is 239 g/mol. The predicted octanol–water partition coefficient (Wildman–Crippen LogP) is 2.59. The van der Waals surface area contributed by atoms with E-state index in [-0.39, 0.29) is 5.41 Å². The van der Waals surface area contributed by atoms with Gasteiger partial charge in [-0.2, -0.15) is 5.26 Å². The third-order valence-corrected chi connectivity index (χ3v) is 3.04. The van der Waals surface area contributed by atoms with Crippen molar-refractivity contribution in [3.05, 3.63) is 0 Å². The van der Waals surface area contributed by atoms with Gasteiger partial charge in [-0.3, -0.25) is 0 Å². The van der Waals surface area contributed by atoms with Crippen LogP contribution in [0.15, 0.2) is 0 Å². The van der Waals surface area contributed by atoms with Crippen molar-refractivity contribution in [3.63, 3.8) is 0 Å². The Morgan fingerprint density at radius 3 is 2.06 bits per heavy atom. The van der Waals surface area contributed by atoms with Gasteiger partial charge in [0.25, 0.3) is 0 Å². The molecule has 0 heterocycles. The summed E-state index contributed by atoms with van der Waals surface area (Å²) in [5.41, 5.74) is -0.149. The van der Waals surface area contributed by atoms with Gasteiger partial charge in [-0.25, -0.2) is 0 Å². The fourth-order valence-electron chi connectivity index (χ4n) is 1.77. The summed E-state index contributed by atoms with van der Waals surface area (Å²) in [4.78, 5) is 4.62. The van der Waals surface area contributed by atoms with Crippen molar-refractivity contribution in [2.24, 2.45) is 5.41 Å². The molecule has 0 aliphatic heterocycles. The Morgan fingerprint density at radius 1 is 0.941 bits per heavy atom. The quantitative estimate of drug-likeness (QED) is 0.579.